The number of aromatic nitrogens is 2. The Balaban J connectivity index is 1.60. The monoisotopic (exact) mass is 662 g/mol. The lowest BCUT2D eigenvalue weighted by atomic mass is 9.89. The largest absolute Gasteiger partial charge is 0.465 e. The van der Waals surface area contributed by atoms with E-state index in [4.69, 9.17) is 23.2 Å². The van der Waals surface area contributed by atoms with Crippen LogP contribution in [-0.2, 0) is 0 Å². The van der Waals surface area contributed by atoms with Gasteiger partial charge in [0.05, 0.1) is 6.04 Å². The van der Waals surface area contributed by atoms with E-state index in [-0.39, 0.29) is 17.7 Å². The van der Waals surface area contributed by atoms with Crippen molar-refractivity contribution in [3.8, 4) is 0 Å². The lowest BCUT2D eigenvalue weighted by molar-refractivity contribution is 0.0951. The minimum absolute atomic E-state index is 0.145. The normalized spacial score (nSPS) is 11.7. The predicted molar refractivity (Wildman–Crippen MR) is 186 cm³/mol. The summed E-state index contributed by atoms with van der Waals surface area (Å²) >= 11 is 13.1. The maximum Gasteiger partial charge on any atom is 0.413 e. The van der Waals surface area contributed by atoms with Crippen LogP contribution in [0.4, 0.5) is 22.2 Å². The molecule has 0 saturated carbocycles. The molecule has 1 unspecified atom stereocenters. The molecule has 4 rings (SSSR count). The van der Waals surface area contributed by atoms with Gasteiger partial charge in [-0.15, -0.1) is 0 Å². The van der Waals surface area contributed by atoms with Gasteiger partial charge in [0.15, 0.2) is 0 Å². The van der Waals surface area contributed by atoms with Gasteiger partial charge in [-0.25, -0.2) is 14.7 Å². The zero-order valence-corrected chi connectivity index (χ0v) is 28.3. The molecule has 4 aromatic rings. The number of nitrogens with one attached hydrogen (secondary N) is 2. The molecule has 0 aliphatic carbocycles. The highest BCUT2D eigenvalue weighted by Crippen LogP contribution is 2.40. The first kappa shape index (κ1) is 34.7. The van der Waals surface area contributed by atoms with Crippen molar-refractivity contribution >= 4 is 52.7 Å². The molecule has 0 saturated heterocycles. The number of rotatable bonds is 13. The fourth-order valence-corrected chi connectivity index (χ4v) is 6.04. The Kier molecular flexibility index (Phi) is 12.0. The Labute approximate surface area is 280 Å². The summed E-state index contributed by atoms with van der Waals surface area (Å²) in [5.41, 5.74) is 5.36. The number of halogens is 2. The minimum atomic E-state index is -1.22. The van der Waals surface area contributed by atoms with Crippen LogP contribution in [0.25, 0.3) is 0 Å². The fraction of sp³-hybridized carbons (Fsp3) is 0.314. The van der Waals surface area contributed by atoms with Crippen molar-refractivity contribution in [3.63, 3.8) is 0 Å². The molecule has 3 N–H and O–H groups in total. The van der Waals surface area contributed by atoms with Crippen molar-refractivity contribution < 1.29 is 14.7 Å². The molecule has 11 heteroatoms. The van der Waals surface area contributed by atoms with Crippen LogP contribution >= 0.6 is 23.2 Å². The number of benzene rings is 3. The van der Waals surface area contributed by atoms with Gasteiger partial charge >= 0.3 is 6.09 Å². The maximum absolute atomic E-state index is 13.0. The topological polar surface area (TPSA) is 111 Å². The number of hydrogen-bond acceptors (Lipinski definition) is 6. The summed E-state index contributed by atoms with van der Waals surface area (Å²) in [6.07, 6.45) is 1.14. The molecule has 0 bridgehead atoms. The summed E-state index contributed by atoms with van der Waals surface area (Å²) in [6, 6.07) is 16.7. The molecule has 46 heavy (non-hydrogen) atoms. The molecule has 3 aromatic carbocycles. The molecular weight excluding hydrogens is 623 g/mol. The Morgan fingerprint density at radius 1 is 0.935 bits per heavy atom. The third kappa shape index (κ3) is 8.54. The van der Waals surface area contributed by atoms with E-state index in [0.717, 1.165) is 48.3 Å². The van der Waals surface area contributed by atoms with E-state index in [1.807, 2.05) is 32.9 Å². The molecular formula is C35H40Cl2N6O3. The highest BCUT2D eigenvalue weighted by atomic mass is 35.5. The highest BCUT2D eigenvalue weighted by Gasteiger charge is 2.33. The third-order valence-electron chi connectivity index (χ3n) is 7.85. The second kappa shape index (κ2) is 15.9. The van der Waals surface area contributed by atoms with E-state index in [9.17, 15) is 14.7 Å². The van der Waals surface area contributed by atoms with Crippen LogP contribution in [0, 0.1) is 20.8 Å². The number of carboxylic acid groups (broad SMARTS) is 1. The zero-order chi connectivity index (χ0) is 33.4. The van der Waals surface area contributed by atoms with Gasteiger partial charge in [-0.05, 0) is 118 Å². The van der Waals surface area contributed by atoms with Crippen LogP contribution in [0.1, 0.15) is 64.5 Å². The van der Waals surface area contributed by atoms with E-state index in [0.29, 0.717) is 33.4 Å². The molecule has 2 amide bonds. The second-order valence-electron chi connectivity index (χ2n) is 11.1. The summed E-state index contributed by atoms with van der Waals surface area (Å²) in [4.78, 5) is 38.1. The Bertz CT molecular complexity index is 1650. The van der Waals surface area contributed by atoms with Crippen LogP contribution in [0.15, 0.2) is 66.9 Å². The van der Waals surface area contributed by atoms with Gasteiger partial charge in [0.1, 0.15) is 5.82 Å². The second-order valence-corrected chi connectivity index (χ2v) is 12.0. The number of amides is 2. The summed E-state index contributed by atoms with van der Waals surface area (Å²) in [6.45, 7) is 13.7. The van der Waals surface area contributed by atoms with Crippen molar-refractivity contribution in [2.75, 3.05) is 36.4 Å². The number of aryl methyl sites for hydroxylation is 3. The molecule has 0 fully saturated rings. The molecule has 1 aromatic heterocycles. The number of nitrogens with zero attached hydrogens (tertiary/aromatic N) is 4. The first-order chi connectivity index (χ1) is 22.0. The van der Waals surface area contributed by atoms with E-state index in [2.05, 4.69) is 39.3 Å². The van der Waals surface area contributed by atoms with E-state index in [1.54, 1.807) is 42.5 Å². The SMILES string of the molecule is CCN(CC)CCCNC(=O)c1ccc(Nc2nccc(N(C(=O)O)C(c3cc(Cl)ccc3Cl)c3c(C)cc(C)cc3C)n2)cc1. The smallest absolute Gasteiger partial charge is 0.413 e. The summed E-state index contributed by atoms with van der Waals surface area (Å²) in [7, 11) is 0. The first-order valence-corrected chi connectivity index (χ1v) is 16.0. The van der Waals surface area contributed by atoms with Crippen molar-refractivity contribution in [3.05, 3.63) is 110 Å². The first-order valence-electron chi connectivity index (χ1n) is 15.3. The molecule has 0 aliphatic heterocycles. The van der Waals surface area contributed by atoms with Crippen LogP contribution in [0.2, 0.25) is 10.0 Å². The molecule has 242 valence electrons. The van der Waals surface area contributed by atoms with Crippen LogP contribution < -0.4 is 15.5 Å². The number of carbonyl (C=O) groups is 2. The average Bonchev–Trinajstić information content (AvgIpc) is 3.01. The average molecular weight is 664 g/mol. The van der Waals surface area contributed by atoms with Crippen molar-refractivity contribution in [2.45, 2.75) is 47.1 Å². The molecule has 0 radical (unpaired) electrons. The molecule has 9 nitrogen and oxygen atoms in total. The van der Waals surface area contributed by atoms with Crippen molar-refractivity contribution in [1.82, 2.24) is 20.2 Å². The number of hydrogen-bond donors (Lipinski definition) is 3. The highest BCUT2D eigenvalue weighted by molar-refractivity contribution is 6.33. The van der Waals surface area contributed by atoms with E-state index >= 15 is 0 Å². The summed E-state index contributed by atoms with van der Waals surface area (Å²) in [5.74, 6) is 0.186. The van der Waals surface area contributed by atoms with Gasteiger partial charge in [0, 0.05) is 34.0 Å². The standard InChI is InChI=1S/C35H40Cl2N6O3/c1-6-42(7-2)18-8-16-38-33(44)25-9-12-27(13-10-25)40-34-39-17-15-30(41-34)43(35(45)46)32(28-21-26(36)11-14-29(28)37)31-23(4)19-22(3)20-24(31)5/h9-15,17,19-21,32H,6-8,16,18H2,1-5H3,(H,38,44)(H,45,46)(H,39,40,41). The van der Waals surface area contributed by atoms with Gasteiger partial charge < -0.3 is 20.6 Å². The van der Waals surface area contributed by atoms with E-state index < -0.39 is 12.1 Å². The minimum Gasteiger partial charge on any atom is -0.465 e. The van der Waals surface area contributed by atoms with Gasteiger partial charge in [-0.3, -0.25) is 4.79 Å². The quantitative estimate of drug-likeness (QED) is 0.124. The van der Waals surface area contributed by atoms with Crippen molar-refractivity contribution in [2.24, 2.45) is 0 Å². The Hall–Kier alpha value is -4.18. The lowest BCUT2D eigenvalue weighted by Gasteiger charge is -2.32. The van der Waals surface area contributed by atoms with E-state index in [1.165, 1.54) is 17.2 Å². The summed E-state index contributed by atoms with van der Waals surface area (Å²) in [5, 5.41) is 17.5. The fourth-order valence-electron chi connectivity index (χ4n) is 5.64. The van der Waals surface area contributed by atoms with Crippen molar-refractivity contribution in [1.29, 1.82) is 0 Å². The Morgan fingerprint density at radius 3 is 2.24 bits per heavy atom. The molecule has 0 aliphatic rings. The lowest BCUT2D eigenvalue weighted by Crippen LogP contribution is -2.36. The van der Waals surface area contributed by atoms with Gasteiger partial charge in [0.25, 0.3) is 5.91 Å². The van der Waals surface area contributed by atoms with Crippen LogP contribution in [0.5, 0.6) is 0 Å². The molecule has 1 heterocycles. The zero-order valence-electron chi connectivity index (χ0n) is 26.8. The Morgan fingerprint density at radius 2 is 1.61 bits per heavy atom. The number of carbonyl (C=O) groups excluding carboxylic acids is 1. The van der Waals surface area contributed by atoms with Crippen LogP contribution in [-0.4, -0.2) is 58.2 Å². The third-order valence-corrected chi connectivity index (χ3v) is 8.43. The molecule has 1 atom stereocenters. The van der Waals surface area contributed by atoms with Gasteiger partial charge in [0.2, 0.25) is 5.95 Å². The predicted octanol–water partition coefficient (Wildman–Crippen LogP) is 8.19. The molecule has 0 spiro atoms. The van der Waals surface area contributed by atoms with Crippen LogP contribution in [0.3, 0.4) is 0 Å². The summed E-state index contributed by atoms with van der Waals surface area (Å²) < 4.78 is 0. The maximum atomic E-state index is 13.0. The van der Waals surface area contributed by atoms with Gasteiger partial charge in [-0.2, -0.15) is 4.98 Å². The number of anilines is 3. The van der Waals surface area contributed by atoms with Gasteiger partial charge in [-0.1, -0.05) is 54.7 Å².